The summed E-state index contributed by atoms with van der Waals surface area (Å²) >= 11 is 0. The fraction of sp³-hybridized carbons (Fsp3) is 1.00. The summed E-state index contributed by atoms with van der Waals surface area (Å²) in [6.45, 7) is 3.83. The van der Waals surface area contributed by atoms with E-state index in [9.17, 15) is 5.11 Å². The Kier molecular flexibility index (Phi) is 3.30. The van der Waals surface area contributed by atoms with E-state index < -0.39 is 0 Å². The molecule has 1 heterocycles. The van der Waals surface area contributed by atoms with Crippen molar-refractivity contribution in [3.05, 3.63) is 0 Å². The molecule has 2 unspecified atom stereocenters. The molecule has 1 aliphatic heterocycles. The van der Waals surface area contributed by atoms with Crippen molar-refractivity contribution in [2.24, 2.45) is 0 Å². The largest absolute Gasteiger partial charge is 0.392 e. The number of methoxy groups -OCH3 is 1. The first-order valence-corrected chi connectivity index (χ1v) is 4.22. The molecule has 3 heteroatoms. The minimum Gasteiger partial charge on any atom is -0.392 e. The molecule has 0 saturated carbocycles. The highest BCUT2D eigenvalue weighted by molar-refractivity contribution is 4.76. The molecular formula is C8H17NO2. The van der Waals surface area contributed by atoms with Gasteiger partial charge in [0.25, 0.3) is 0 Å². The lowest BCUT2D eigenvalue weighted by atomic mass is 10.3. The third-order valence-corrected chi connectivity index (χ3v) is 2.22. The molecule has 0 radical (unpaired) electrons. The number of nitrogens with zero attached hydrogens (tertiary/aromatic N) is 1. The third kappa shape index (κ3) is 2.15. The summed E-state index contributed by atoms with van der Waals surface area (Å²) in [5.74, 6) is 0. The first-order valence-electron chi connectivity index (χ1n) is 4.22. The summed E-state index contributed by atoms with van der Waals surface area (Å²) in [6.07, 6.45) is 1.94. The summed E-state index contributed by atoms with van der Waals surface area (Å²) in [7, 11) is 1.72. The average Bonchev–Trinajstić information content (AvgIpc) is 2.39. The molecule has 0 aromatic carbocycles. The zero-order chi connectivity index (χ0) is 8.27. The summed E-state index contributed by atoms with van der Waals surface area (Å²) in [4.78, 5) is 2.19. The summed E-state index contributed by atoms with van der Waals surface area (Å²) in [5, 5.41) is 9.24. The Morgan fingerprint density at radius 2 is 2.45 bits per heavy atom. The molecule has 1 rings (SSSR count). The van der Waals surface area contributed by atoms with Crippen molar-refractivity contribution in [1.29, 1.82) is 0 Å². The van der Waals surface area contributed by atoms with Crippen LogP contribution in [0.15, 0.2) is 0 Å². The molecule has 1 saturated heterocycles. The van der Waals surface area contributed by atoms with Crippen LogP contribution in [0.1, 0.15) is 19.8 Å². The Bertz CT molecular complexity index is 115. The fourth-order valence-electron chi connectivity index (χ4n) is 1.60. The van der Waals surface area contributed by atoms with Gasteiger partial charge in [0.15, 0.2) is 0 Å². The Morgan fingerprint density at radius 1 is 1.73 bits per heavy atom. The number of ether oxygens (including phenoxy) is 1. The average molecular weight is 159 g/mol. The zero-order valence-electron chi connectivity index (χ0n) is 7.29. The molecule has 0 aromatic rings. The van der Waals surface area contributed by atoms with E-state index in [0.717, 1.165) is 25.9 Å². The highest BCUT2D eigenvalue weighted by Crippen LogP contribution is 2.14. The molecule has 1 N–H and O–H groups in total. The lowest BCUT2D eigenvalue weighted by Crippen LogP contribution is -2.34. The molecule has 0 spiro atoms. The second-order valence-electron chi connectivity index (χ2n) is 3.04. The van der Waals surface area contributed by atoms with Gasteiger partial charge in [0.2, 0.25) is 0 Å². The van der Waals surface area contributed by atoms with E-state index in [0.29, 0.717) is 0 Å². The Hall–Kier alpha value is -0.120. The van der Waals surface area contributed by atoms with Crippen molar-refractivity contribution in [2.75, 3.05) is 20.2 Å². The van der Waals surface area contributed by atoms with Crippen LogP contribution in [-0.4, -0.2) is 42.5 Å². The second kappa shape index (κ2) is 4.04. The third-order valence-electron chi connectivity index (χ3n) is 2.22. The van der Waals surface area contributed by atoms with Crippen molar-refractivity contribution in [3.63, 3.8) is 0 Å². The minimum atomic E-state index is -0.140. The first kappa shape index (κ1) is 8.97. The van der Waals surface area contributed by atoms with Crippen molar-refractivity contribution >= 4 is 0 Å². The van der Waals surface area contributed by atoms with Gasteiger partial charge in [0, 0.05) is 20.2 Å². The quantitative estimate of drug-likeness (QED) is 0.648. The highest BCUT2D eigenvalue weighted by Gasteiger charge is 2.25. The molecular weight excluding hydrogens is 142 g/mol. The highest BCUT2D eigenvalue weighted by atomic mass is 16.5. The molecule has 66 valence electrons. The maximum atomic E-state index is 9.24. The predicted octanol–water partition coefficient (Wildman–Crippen LogP) is 0.435. The normalized spacial score (nSPS) is 29.2. The van der Waals surface area contributed by atoms with Gasteiger partial charge in [-0.15, -0.1) is 0 Å². The number of rotatable bonds is 3. The molecule has 1 aliphatic rings. The van der Waals surface area contributed by atoms with Gasteiger partial charge in [-0.2, -0.15) is 0 Å². The molecule has 11 heavy (non-hydrogen) atoms. The fourth-order valence-corrected chi connectivity index (χ4v) is 1.60. The van der Waals surface area contributed by atoms with Crippen LogP contribution in [0.2, 0.25) is 0 Å². The molecule has 1 fully saturated rings. The Balaban J connectivity index is 2.34. The monoisotopic (exact) mass is 159 g/mol. The van der Waals surface area contributed by atoms with Crippen molar-refractivity contribution in [1.82, 2.24) is 4.90 Å². The number of likely N-dealkylation sites (tertiary alicyclic amines) is 1. The van der Waals surface area contributed by atoms with E-state index >= 15 is 0 Å². The number of β-amino-alcohol motifs (C(OH)–C–C–N with tert-alkyl or cyclic N) is 1. The van der Waals surface area contributed by atoms with Gasteiger partial charge >= 0.3 is 0 Å². The Morgan fingerprint density at radius 3 is 2.82 bits per heavy atom. The van der Waals surface area contributed by atoms with Gasteiger partial charge in [-0.25, -0.2) is 0 Å². The van der Waals surface area contributed by atoms with Crippen LogP contribution in [0, 0.1) is 0 Å². The number of aliphatic hydroxyl groups excluding tert-OH is 1. The van der Waals surface area contributed by atoms with Crippen molar-refractivity contribution in [3.8, 4) is 0 Å². The number of hydrogen-bond donors (Lipinski definition) is 1. The number of aliphatic hydroxyl groups is 1. The van der Waals surface area contributed by atoms with Gasteiger partial charge in [-0.3, -0.25) is 4.90 Å². The van der Waals surface area contributed by atoms with E-state index in [1.807, 2.05) is 0 Å². The van der Waals surface area contributed by atoms with Crippen LogP contribution in [0.25, 0.3) is 0 Å². The minimum absolute atomic E-state index is 0.140. The molecule has 3 nitrogen and oxygen atoms in total. The van der Waals surface area contributed by atoms with Crippen LogP contribution in [0.4, 0.5) is 0 Å². The SMILES string of the molecule is CCC(OC)N1CCC(O)C1. The molecule has 0 bridgehead atoms. The van der Waals surface area contributed by atoms with Gasteiger partial charge in [0.1, 0.15) is 6.23 Å². The summed E-state index contributed by atoms with van der Waals surface area (Å²) in [6, 6.07) is 0. The Labute approximate surface area is 68.0 Å². The second-order valence-corrected chi connectivity index (χ2v) is 3.04. The van der Waals surface area contributed by atoms with E-state index in [-0.39, 0.29) is 12.3 Å². The van der Waals surface area contributed by atoms with Crippen molar-refractivity contribution in [2.45, 2.75) is 32.1 Å². The van der Waals surface area contributed by atoms with E-state index in [4.69, 9.17) is 4.74 Å². The summed E-state index contributed by atoms with van der Waals surface area (Å²) < 4.78 is 5.25. The van der Waals surface area contributed by atoms with Gasteiger partial charge in [0.05, 0.1) is 6.10 Å². The molecule has 0 amide bonds. The predicted molar refractivity (Wildman–Crippen MR) is 43.3 cm³/mol. The maximum Gasteiger partial charge on any atom is 0.110 e. The first-order chi connectivity index (χ1) is 5.27. The van der Waals surface area contributed by atoms with Gasteiger partial charge < -0.3 is 9.84 Å². The summed E-state index contributed by atoms with van der Waals surface area (Å²) in [5.41, 5.74) is 0. The standard InChI is InChI=1S/C8H17NO2/c1-3-8(11-2)9-5-4-7(10)6-9/h7-8,10H,3-6H2,1-2H3. The van der Waals surface area contributed by atoms with Crippen LogP contribution >= 0.6 is 0 Å². The maximum absolute atomic E-state index is 9.24. The topological polar surface area (TPSA) is 32.7 Å². The molecule has 0 aromatic heterocycles. The van der Waals surface area contributed by atoms with Crippen LogP contribution < -0.4 is 0 Å². The van der Waals surface area contributed by atoms with Crippen LogP contribution in [0.5, 0.6) is 0 Å². The van der Waals surface area contributed by atoms with E-state index in [1.54, 1.807) is 7.11 Å². The lowest BCUT2D eigenvalue weighted by molar-refractivity contribution is -0.0268. The number of hydrogen-bond acceptors (Lipinski definition) is 3. The smallest absolute Gasteiger partial charge is 0.110 e. The van der Waals surface area contributed by atoms with E-state index in [2.05, 4.69) is 11.8 Å². The van der Waals surface area contributed by atoms with E-state index in [1.165, 1.54) is 0 Å². The molecule has 0 aliphatic carbocycles. The molecule has 2 atom stereocenters. The van der Waals surface area contributed by atoms with Crippen molar-refractivity contribution < 1.29 is 9.84 Å². The van der Waals surface area contributed by atoms with Gasteiger partial charge in [-0.1, -0.05) is 6.92 Å². The van der Waals surface area contributed by atoms with Crippen LogP contribution in [0.3, 0.4) is 0 Å². The zero-order valence-corrected chi connectivity index (χ0v) is 7.29. The van der Waals surface area contributed by atoms with Crippen LogP contribution in [-0.2, 0) is 4.74 Å². The lowest BCUT2D eigenvalue weighted by Gasteiger charge is -2.24. The van der Waals surface area contributed by atoms with Gasteiger partial charge in [-0.05, 0) is 12.8 Å².